The topological polar surface area (TPSA) is 75.9 Å². The molecule has 142 valence electrons. The number of hydrogen-bond donors (Lipinski definition) is 1. The Hall–Kier alpha value is -1.80. The Kier molecular flexibility index (Phi) is 6.03. The molecule has 1 fully saturated rings. The molecule has 1 saturated heterocycles. The van der Waals surface area contributed by atoms with E-state index in [0.29, 0.717) is 12.6 Å². The molecular formula is C18H28N6OS. The first-order valence-corrected chi connectivity index (χ1v) is 10.0. The highest BCUT2D eigenvalue weighted by atomic mass is 32.1. The van der Waals surface area contributed by atoms with E-state index in [0.717, 1.165) is 37.6 Å². The second-order valence-corrected chi connectivity index (χ2v) is 8.45. The summed E-state index contributed by atoms with van der Waals surface area (Å²) < 4.78 is 9.85. The monoisotopic (exact) mass is 376 g/mol. The molecule has 1 aliphatic heterocycles. The van der Waals surface area contributed by atoms with Crippen molar-refractivity contribution in [3.8, 4) is 0 Å². The first-order chi connectivity index (χ1) is 12.4. The van der Waals surface area contributed by atoms with Crippen LogP contribution in [-0.4, -0.2) is 49.1 Å². The molecule has 8 heteroatoms. The molecule has 0 radical (unpaired) electrons. The summed E-state index contributed by atoms with van der Waals surface area (Å²) in [5, 5.41) is 7.96. The zero-order chi connectivity index (χ0) is 18.6. The average Bonchev–Trinajstić information content (AvgIpc) is 3.12. The maximum atomic E-state index is 12.2. The van der Waals surface area contributed by atoms with Crippen LogP contribution in [0.15, 0.2) is 23.1 Å². The van der Waals surface area contributed by atoms with Crippen LogP contribution in [0.2, 0.25) is 0 Å². The van der Waals surface area contributed by atoms with E-state index in [4.69, 9.17) is 0 Å². The minimum atomic E-state index is -0.0609. The van der Waals surface area contributed by atoms with Gasteiger partial charge in [-0.15, -0.1) is 0 Å². The van der Waals surface area contributed by atoms with Crippen molar-refractivity contribution in [2.75, 3.05) is 25.0 Å². The van der Waals surface area contributed by atoms with Crippen LogP contribution in [-0.2, 0) is 12.0 Å². The van der Waals surface area contributed by atoms with E-state index in [1.807, 2.05) is 6.07 Å². The normalized spacial score (nSPS) is 18.8. The van der Waals surface area contributed by atoms with Crippen molar-refractivity contribution < 1.29 is 0 Å². The Morgan fingerprint density at radius 2 is 2.12 bits per heavy atom. The van der Waals surface area contributed by atoms with Gasteiger partial charge in [-0.1, -0.05) is 27.2 Å². The van der Waals surface area contributed by atoms with Crippen LogP contribution in [0.5, 0.6) is 0 Å². The molecule has 1 unspecified atom stereocenters. The van der Waals surface area contributed by atoms with Gasteiger partial charge in [0, 0.05) is 30.6 Å². The lowest BCUT2D eigenvalue weighted by atomic mass is 9.92. The van der Waals surface area contributed by atoms with E-state index in [9.17, 15) is 4.79 Å². The van der Waals surface area contributed by atoms with Crippen molar-refractivity contribution >= 4 is 17.5 Å². The van der Waals surface area contributed by atoms with Crippen LogP contribution in [0.1, 0.15) is 45.7 Å². The number of nitrogens with one attached hydrogen (secondary N) is 1. The lowest BCUT2D eigenvalue weighted by Crippen LogP contribution is -2.45. The van der Waals surface area contributed by atoms with Crippen LogP contribution < -0.4 is 10.9 Å². The summed E-state index contributed by atoms with van der Waals surface area (Å²) >= 11 is 1.22. The Labute approximate surface area is 158 Å². The van der Waals surface area contributed by atoms with E-state index < -0.39 is 0 Å². The third-order valence-corrected chi connectivity index (χ3v) is 5.34. The van der Waals surface area contributed by atoms with Gasteiger partial charge in [-0.3, -0.25) is 9.69 Å². The number of nitrogens with zero attached hydrogens (tertiary/aromatic N) is 5. The van der Waals surface area contributed by atoms with Gasteiger partial charge in [0.2, 0.25) is 0 Å². The van der Waals surface area contributed by atoms with Crippen LogP contribution >= 0.6 is 11.7 Å². The number of aromatic nitrogens is 4. The molecule has 7 nitrogen and oxygen atoms in total. The molecule has 0 spiro atoms. The summed E-state index contributed by atoms with van der Waals surface area (Å²) in [6, 6.07) is 3.93. The third-order valence-electron chi connectivity index (χ3n) is 4.86. The highest BCUT2D eigenvalue weighted by molar-refractivity contribution is 6.99. The number of rotatable bonds is 6. The fraction of sp³-hybridized carbons (Fsp3) is 0.667. The Balaban J connectivity index is 1.62. The summed E-state index contributed by atoms with van der Waals surface area (Å²) in [5.41, 5.74) is 0.859. The summed E-state index contributed by atoms with van der Waals surface area (Å²) in [5.74, 6) is 0.844. The molecule has 0 aromatic carbocycles. The number of anilines is 1. The standard InChI is InChI=1S/C18H28N6OS/c1-18(2,3)15-7-8-17(25)24(21-15)11-10-23-9-5-4-6-14(23)12-19-16-13-20-26-22-16/h7-8,13-14H,4-6,9-12H2,1-3H3,(H,19,22). The lowest BCUT2D eigenvalue weighted by molar-refractivity contribution is 0.147. The molecule has 26 heavy (non-hydrogen) atoms. The van der Waals surface area contributed by atoms with Gasteiger partial charge in [-0.05, 0) is 25.5 Å². The Morgan fingerprint density at radius 3 is 2.85 bits per heavy atom. The molecule has 2 aromatic rings. The van der Waals surface area contributed by atoms with Crippen LogP contribution in [0.25, 0.3) is 0 Å². The SMILES string of the molecule is CC(C)(C)c1ccc(=O)n(CCN2CCCCC2CNc2cnsn2)n1. The fourth-order valence-corrected chi connectivity index (χ4v) is 3.68. The quantitative estimate of drug-likeness (QED) is 0.834. The molecular weight excluding hydrogens is 348 g/mol. The molecule has 0 bridgehead atoms. The molecule has 1 aliphatic rings. The van der Waals surface area contributed by atoms with Crippen molar-refractivity contribution in [2.24, 2.45) is 0 Å². The zero-order valence-electron chi connectivity index (χ0n) is 15.8. The maximum Gasteiger partial charge on any atom is 0.266 e. The summed E-state index contributed by atoms with van der Waals surface area (Å²) in [4.78, 5) is 14.7. The van der Waals surface area contributed by atoms with Crippen molar-refractivity contribution in [2.45, 2.75) is 58.0 Å². The highest BCUT2D eigenvalue weighted by Crippen LogP contribution is 2.19. The Bertz CT molecular complexity index is 752. The van der Waals surface area contributed by atoms with Gasteiger partial charge >= 0.3 is 0 Å². The van der Waals surface area contributed by atoms with E-state index in [2.05, 4.69) is 44.8 Å². The molecule has 0 amide bonds. The van der Waals surface area contributed by atoms with E-state index in [1.165, 1.54) is 24.6 Å². The molecule has 1 N–H and O–H groups in total. The van der Waals surface area contributed by atoms with Crippen molar-refractivity contribution in [1.29, 1.82) is 0 Å². The van der Waals surface area contributed by atoms with Crippen molar-refractivity contribution in [1.82, 2.24) is 23.4 Å². The number of piperidine rings is 1. The largest absolute Gasteiger partial charge is 0.366 e. The van der Waals surface area contributed by atoms with Gasteiger partial charge in [0.05, 0.1) is 30.2 Å². The highest BCUT2D eigenvalue weighted by Gasteiger charge is 2.23. The second kappa shape index (κ2) is 8.26. The number of hydrogen-bond acceptors (Lipinski definition) is 7. The predicted octanol–water partition coefficient (Wildman–Crippen LogP) is 2.36. The molecule has 2 aromatic heterocycles. The molecule has 3 rings (SSSR count). The zero-order valence-corrected chi connectivity index (χ0v) is 16.6. The van der Waals surface area contributed by atoms with Gasteiger partial charge in [0.25, 0.3) is 5.56 Å². The van der Waals surface area contributed by atoms with Crippen LogP contribution in [0.3, 0.4) is 0 Å². The van der Waals surface area contributed by atoms with Gasteiger partial charge in [-0.2, -0.15) is 13.8 Å². The average molecular weight is 377 g/mol. The van der Waals surface area contributed by atoms with E-state index in [1.54, 1.807) is 16.9 Å². The minimum absolute atomic E-state index is 0.0294. The van der Waals surface area contributed by atoms with Gasteiger partial charge in [-0.25, -0.2) is 4.68 Å². The van der Waals surface area contributed by atoms with E-state index in [-0.39, 0.29) is 11.0 Å². The second-order valence-electron chi connectivity index (χ2n) is 7.89. The third kappa shape index (κ3) is 4.88. The smallest absolute Gasteiger partial charge is 0.266 e. The molecule has 1 atom stereocenters. The molecule has 0 aliphatic carbocycles. The summed E-state index contributed by atoms with van der Waals surface area (Å²) in [6.07, 6.45) is 5.38. The minimum Gasteiger partial charge on any atom is -0.366 e. The number of likely N-dealkylation sites (tertiary alicyclic amines) is 1. The maximum absolute atomic E-state index is 12.2. The van der Waals surface area contributed by atoms with Crippen LogP contribution in [0, 0.1) is 0 Å². The van der Waals surface area contributed by atoms with Gasteiger partial charge in [0.1, 0.15) is 0 Å². The Morgan fingerprint density at radius 1 is 1.27 bits per heavy atom. The van der Waals surface area contributed by atoms with Gasteiger partial charge < -0.3 is 5.32 Å². The first kappa shape index (κ1) is 19.0. The lowest BCUT2D eigenvalue weighted by Gasteiger charge is -2.35. The molecule has 3 heterocycles. The summed E-state index contributed by atoms with van der Waals surface area (Å²) in [7, 11) is 0. The van der Waals surface area contributed by atoms with Crippen molar-refractivity contribution in [3.63, 3.8) is 0 Å². The van der Waals surface area contributed by atoms with Gasteiger partial charge in [0.15, 0.2) is 5.82 Å². The first-order valence-electron chi connectivity index (χ1n) is 9.27. The molecule has 0 saturated carbocycles. The summed E-state index contributed by atoms with van der Waals surface area (Å²) in [6.45, 7) is 9.72. The predicted molar refractivity (Wildman–Crippen MR) is 105 cm³/mol. The van der Waals surface area contributed by atoms with Crippen LogP contribution in [0.4, 0.5) is 5.82 Å². The fourth-order valence-electron chi connectivity index (χ4n) is 3.28. The van der Waals surface area contributed by atoms with Crippen molar-refractivity contribution in [3.05, 3.63) is 34.4 Å². The van der Waals surface area contributed by atoms with E-state index >= 15 is 0 Å².